The number of aryl methyl sites for hydroxylation is 2. The van der Waals surface area contributed by atoms with Crippen LogP contribution in [0.4, 0.5) is 5.69 Å². The number of nitrogen functional groups attached to an aromatic ring is 1. The number of fused-ring (bicyclic) bond motifs is 1. The SMILES string of the molecule is Cc1cc(C)n2c(-c3ccc(Cl)cc3N)nnc2n1. The molecule has 0 fully saturated rings. The Morgan fingerprint density at radius 1 is 1.16 bits per heavy atom. The van der Waals surface area contributed by atoms with Crippen LogP contribution in [0.1, 0.15) is 11.4 Å². The van der Waals surface area contributed by atoms with Crippen LogP contribution in [0.5, 0.6) is 0 Å². The van der Waals surface area contributed by atoms with E-state index in [0.29, 0.717) is 22.3 Å². The van der Waals surface area contributed by atoms with Crippen molar-refractivity contribution in [3.63, 3.8) is 0 Å². The summed E-state index contributed by atoms with van der Waals surface area (Å²) in [6, 6.07) is 7.31. The van der Waals surface area contributed by atoms with E-state index in [0.717, 1.165) is 17.0 Å². The number of rotatable bonds is 1. The molecule has 5 nitrogen and oxygen atoms in total. The maximum absolute atomic E-state index is 6.00. The van der Waals surface area contributed by atoms with Gasteiger partial charge in [-0.15, -0.1) is 10.2 Å². The molecular formula is C13H12ClN5. The molecule has 0 saturated heterocycles. The molecular weight excluding hydrogens is 262 g/mol. The van der Waals surface area contributed by atoms with Crippen LogP contribution in [0.3, 0.4) is 0 Å². The van der Waals surface area contributed by atoms with Crippen LogP contribution < -0.4 is 5.73 Å². The van der Waals surface area contributed by atoms with Gasteiger partial charge < -0.3 is 5.73 Å². The highest BCUT2D eigenvalue weighted by Gasteiger charge is 2.13. The first-order valence-electron chi connectivity index (χ1n) is 5.81. The predicted octanol–water partition coefficient (Wildman–Crippen LogP) is 2.64. The minimum Gasteiger partial charge on any atom is -0.398 e. The van der Waals surface area contributed by atoms with E-state index in [4.69, 9.17) is 17.3 Å². The fourth-order valence-electron chi connectivity index (χ4n) is 2.14. The quantitative estimate of drug-likeness (QED) is 0.692. The van der Waals surface area contributed by atoms with Gasteiger partial charge in [0.25, 0.3) is 5.78 Å². The Morgan fingerprint density at radius 3 is 2.68 bits per heavy atom. The van der Waals surface area contributed by atoms with Crippen LogP contribution in [0.2, 0.25) is 5.02 Å². The lowest BCUT2D eigenvalue weighted by molar-refractivity contribution is 1.02. The summed E-state index contributed by atoms with van der Waals surface area (Å²) < 4.78 is 1.88. The Kier molecular flexibility index (Phi) is 2.64. The molecule has 0 bridgehead atoms. The van der Waals surface area contributed by atoms with Gasteiger partial charge in [-0.2, -0.15) is 0 Å². The summed E-state index contributed by atoms with van der Waals surface area (Å²) >= 11 is 5.91. The van der Waals surface area contributed by atoms with Crippen molar-refractivity contribution in [3.05, 3.63) is 40.7 Å². The van der Waals surface area contributed by atoms with Crippen LogP contribution in [-0.2, 0) is 0 Å². The molecule has 0 amide bonds. The number of hydrogen-bond acceptors (Lipinski definition) is 4. The van der Waals surface area contributed by atoms with Crippen molar-refractivity contribution in [1.82, 2.24) is 19.6 Å². The van der Waals surface area contributed by atoms with E-state index in [1.165, 1.54) is 0 Å². The Hall–Kier alpha value is -2.14. The van der Waals surface area contributed by atoms with Gasteiger partial charge in [-0.3, -0.25) is 4.40 Å². The first-order chi connectivity index (χ1) is 9.06. The highest BCUT2D eigenvalue weighted by molar-refractivity contribution is 6.31. The number of aromatic nitrogens is 4. The molecule has 0 aliphatic carbocycles. The Labute approximate surface area is 115 Å². The van der Waals surface area contributed by atoms with Crippen LogP contribution >= 0.6 is 11.6 Å². The van der Waals surface area contributed by atoms with Crippen LogP contribution in [0.25, 0.3) is 17.2 Å². The topological polar surface area (TPSA) is 69.1 Å². The average molecular weight is 274 g/mol. The van der Waals surface area contributed by atoms with E-state index in [2.05, 4.69) is 15.2 Å². The minimum atomic E-state index is 0.571. The summed E-state index contributed by atoms with van der Waals surface area (Å²) in [7, 11) is 0. The highest BCUT2D eigenvalue weighted by atomic mass is 35.5. The minimum absolute atomic E-state index is 0.571. The molecule has 0 atom stereocenters. The Bertz CT molecular complexity index is 778. The predicted molar refractivity (Wildman–Crippen MR) is 75.1 cm³/mol. The van der Waals surface area contributed by atoms with E-state index in [9.17, 15) is 0 Å². The van der Waals surface area contributed by atoms with Crippen molar-refractivity contribution in [2.45, 2.75) is 13.8 Å². The molecule has 0 saturated carbocycles. The lowest BCUT2D eigenvalue weighted by Crippen LogP contribution is -2.00. The third-order valence-electron chi connectivity index (χ3n) is 2.95. The van der Waals surface area contributed by atoms with Gasteiger partial charge in [0, 0.05) is 27.7 Å². The summed E-state index contributed by atoms with van der Waals surface area (Å²) in [6.45, 7) is 3.92. The van der Waals surface area contributed by atoms with Crippen molar-refractivity contribution in [2.75, 3.05) is 5.73 Å². The van der Waals surface area contributed by atoms with Gasteiger partial charge >= 0.3 is 0 Å². The van der Waals surface area contributed by atoms with Crippen LogP contribution in [0.15, 0.2) is 24.3 Å². The third kappa shape index (κ3) is 1.92. The van der Waals surface area contributed by atoms with E-state index < -0.39 is 0 Å². The molecule has 3 rings (SSSR count). The summed E-state index contributed by atoms with van der Waals surface area (Å²) in [4.78, 5) is 4.35. The molecule has 0 aliphatic heterocycles. The largest absolute Gasteiger partial charge is 0.398 e. The summed E-state index contributed by atoms with van der Waals surface area (Å²) in [5, 5.41) is 8.88. The average Bonchev–Trinajstić information content (AvgIpc) is 2.72. The van der Waals surface area contributed by atoms with Gasteiger partial charge in [0.1, 0.15) is 0 Å². The normalized spacial score (nSPS) is 11.1. The molecule has 2 aromatic heterocycles. The van der Waals surface area contributed by atoms with E-state index in [1.807, 2.05) is 30.4 Å². The zero-order valence-corrected chi connectivity index (χ0v) is 11.3. The van der Waals surface area contributed by atoms with Crippen LogP contribution in [-0.4, -0.2) is 19.6 Å². The fourth-order valence-corrected chi connectivity index (χ4v) is 2.32. The smallest absolute Gasteiger partial charge is 0.255 e. The number of halogens is 1. The van der Waals surface area contributed by atoms with Crippen molar-refractivity contribution < 1.29 is 0 Å². The Morgan fingerprint density at radius 2 is 1.95 bits per heavy atom. The second-order valence-corrected chi connectivity index (χ2v) is 4.87. The van der Waals surface area contributed by atoms with Crippen molar-refractivity contribution >= 4 is 23.1 Å². The zero-order chi connectivity index (χ0) is 13.6. The molecule has 2 N–H and O–H groups in total. The summed E-state index contributed by atoms with van der Waals surface area (Å²) in [6.07, 6.45) is 0. The summed E-state index contributed by atoms with van der Waals surface area (Å²) in [5.74, 6) is 1.25. The molecule has 3 aromatic rings. The highest BCUT2D eigenvalue weighted by Crippen LogP contribution is 2.27. The second kappa shape index (κ2) is 4.20. The Balaban J connectivity index is 2.31. The molecule has 6 heteroatoms. The van der Waals surface area contributed by atoms with Gasteiger partial charge in [-0.05, 0) is 38.1 Å². The van der Waals surface area contributed by atoms with E-state index in [1.54, 1.807) is 12.1 Å². The van der Waals surface area contributed by atoms with E-state index in [-0.39, 0.29) is 0 Å². The molecule has 2 heterocycles. The zero-order valence-electron chi connectivity index (χ0n) is 10.6. The first-order valence-corrected chi connectivity index (χ1v) is 6.19. The second-order valence-electron chi connectivity index (χ2n) is 4.43. The fraction of sp³-hybridized carbons (Fsp3) is 0.154. The molecule has 0 aliphatic rings. The third-order valence-corrected chi connectivity index (χ3v) is 3.18. The molecule has 0 spiro atoms. The van der Waals surface area contributed by atoms with Gasteiger partial charge in [0.2, 0.25) is 0 Å². The van der Waals surface area contributed by atoms with E-state index >= 15 is 0 Å². The van der Waals surface area contributed by atoms with Crippen molar-refractivity contribution in [3.8, 4) is 11.4 Å². The van der Waals surface area contributed by atoms with Gasteiger partial charge in [-0.25, -0.2) is 4.98 Å². The molecule has 96 valence electrons. The van der Waals surface area contributed by atoms with Crippen molar-refractivity contribution in [1.29, 1.82) is 0 Å². The van der Waals surface area contributed by atoms with Gasteiger partial charge in [0.05, 0.1) is 0 Å². The maximum Gasteiger partial charge on any atom is 0.255 e. The number of nitrogens with zero attached hydrogens (tertiary/aromatic N) is 4. The molecule has 1 aromatic carbocycles. The maximum atomic E-state index is 6.00. The lowest BCUT2D eigenvalue weighted by atomic mass is 10.1. The number of nitrogens with two attached hydrogens (primary N) is 1. The molecule has 0 radical (unpaired) electrons. The molecule has 0 unspecified atom stereocenters. The molecule has 19 heavy (non-hydrogen) atoms. The van der Waals surface area contributed by atoms with Gasteiger partial charge in [-0.1, -0.05) is 11.6 Å². The number of hydrogen-bond donors (Lipinski definition) is 1. The summed E-state index contributed by atoms with van der Waals surface area (Å²) in [5.41, 5.74) is 9.29. The lowest BCUT2D eigenvalue weighted by Gasteiger charge is -2.07. The number of anilines is 1. The first kappa shape index (κ1) is 11.9. The standard InChI is InChI=1S/C13H12ClN5/c1-7-5-8(2)19-12(17-18-13(19)16-7)10-4-3-9(14)6-11(10)15/h3-6H,15H2,1-2H3. The van der Waals surface area contributed by atoms with Crippen LogP contribution in [0, 0.1) is 13.8 Å². The van der Waals surface area contributed by atoms with Gasteiger partial charge in [0.15, 0.2) is 5.82 Å². The monoisotopic (exact) mass is 273 g/mol. The number of benzene rings is 1. The van der Waals surface area contributed by atoms with Crippen molar-refractivity contribution in [2.24, 2.45) is 0 Å².